The van der Waals surface area contributed by atoms with Gasteiger partial charge in [0, 0.05) is 11.8 Å². The molecule has 5 heteroatoms. The molecule has 0 aliphatic rings. The van der Waals surface area contributed by atoms with Crippen LogP contribution < -0.4 is 11.5 Å². The zero-order chi connectivity index (χ0) is 16.4. The smallest absolute Gasteiger partial charge is 0.221 e. The van der Waals surface area contributed by atoms with Crippen LogP contribution in [0.3, 0.4) is 0 Å². The zero-order valence-electron chi connectivity index (χ0n) is 13.5. The molecule has 5 N–H and O–H groups in total. The summed E-state index contributed by atoms with van der Waals surface area (Å²) < 4.78 is 0. The van der Waals surface area contributed by atoms with Crippen LogP contribution in [0.1, 0.15) is 67.9 Å². The second-order valence-corrected chi connectivity index (χ2v) is 6.21. The molecule has 0 radical (unpaired) electrons. The van der Waals surface area contributed by atoms with Crippen molar-refractivity contribution in [2.75, 3.05) is 11.5 Å². The monoisotopic (exact) mass is 300 g/mol. The summed E-state index contributed by atoms with van der Waals surface area (Å²) in [5, 5.41) is 10.7. The van der Waals surface area contributed by atoms with E-state index in [1.54, 1.807) is 0 Å². The molecule has 22 heavy (non-hydrogen) atoms. The molecule has 0 aliphatic heterocycles. The summed E-state index contributed by atoms with van der Waals surface area (Å²) in [4.78, 5) is 7.85. The maximum atomic E-state index is 10.7. The lowest BCUT2D eigenvalue weighted by molar-refractivity contribution is 0.220. The molecule has 1 atom stereocenters. The molecule has 0 fully saturated rings. The predicted molar refractivity (Wildman–Crippen MR) is 89.5 cm³/mol. The van der Waals surface area contributed by atoms with Gasteiger partial charge in [0.2, 0.25) is 5.95 Å². The van der Waals surface area contributed by atoms with Crippen LogP contribution in [0.4, 0.5) is 11.8 Å². The maximum absolute atomic E-state index is 10.7. The number of nitrogen functional groups attached to an aromatic ring is 2. The van der Waals surface area contributed by atoms with Gasteiger partial charge in [0.1, 0.15) is 11.9 Å². The van der Waals surface area contributed by atoms with Crippen LogP contribution in [0.25, 0.3) is 0 Å². The first kappa shape index (κ1) is 16.2. The van der Waals surface area contributed by atoms with E-state index in [2.05, 4.69) is 43.7 Å². The molecule has 1 aromatic carbocycles. The highest BCUT2D eigenvalue weighted by molar-refractivity contribution is 5.47. The SMILES string of the molecule is CC(C)c1cc(C(C)C)cc(C(O)c2cnc(N)nc2N)c1. The van der Waals surface area contributed by atoms with Gasteiger partial charge in [-0.05, 0) is 28.5 Å². The Morgan fingerprint density at radius 1 is 0.909 bits per heavy atom. The molecule has 0 saturated carbocycles. The first-order chi connectivity index (χ1) is 10.3. The van der Waals surface area contributed by atoms with E-state index < -0.39 is 6.10 Å². The first-order valence-electron chi connectivity index (χ1n) is 7.50. The van der Waals surface area contributed by atoms with Crippen molar-refractivity contribution in [3.05, 3.63) is 46.6 Å². The molecule has 0 saturated heterocycles. The number of aliphatic hydroxyl groups is 1. The summed E-state index contributed by atoms with van der Waals surface area (Å²) >= 11 is 0. The number of nitrogens with two attached hydrogens (primary N) is 2. The van der Waals surface area contributed by atoms with Gasteiger partial charge >= 0.3 is 0 Å². The first-order valence-corrected chi connectivity index (χ1v) is 7.50. The van der Waals surface area contributed by atoms with Crippen LogP contribution in [0.5, 0.6) is 0 Å². The highest BCUT2D eigenvalue weighted by Crippen LogP contribution is 2.30. The lowest BCUT2D eigenvalue weighted by Crippen LogP contribution is -2.09. The standard InChI is InChI=1S/C17H24N4O/c1-9(2)11-5-12(10(3)4)7-13(6-11)15(22)14-8-20-17(19)21-16(14)18/h5-10,15,22H,1-4H3,(H4,18,19,20,21). The molecule has 0 spiro atoms. The molecule has 1 heterocycles. The molecular weight excluding hydrogens is 276 g/mol. The van der Waals surface area contributed by atoms with E-state index in [0.717, 1.165) is 5.56 Å². The molecule has 0 amide bonds. The van der Waals surface area contributed by atoms with Crippen molar-refractivity contribution in [1.29, 1.82) is 0 Å². The van der Waals surface area contributed by atoms with Crippen LogP contribution in [0.2, 0.25) is 0 Å². The Balaban J connectivity index is 2.50. The topological polar surface area (TPSA) is 98.0 Å². The van der Waals surface area contributed by atoms with Gasteiger partial charge in [0.25, 0.3) is 0 Å². The van der Waals surface area contributed by atoms with E-state index in [1.807, 2.05) is 12.1 Å². The van der Waals surface area contributed by atoms with Crippen molar-refractivity contribution >= 4 is 11.8 Å². The Kier molecular flexibility index (Phi) is 4.66. The fourth-order valence-corrected chi connectivity index (χ4v) is 2.34. The Morgan fingerprint density at radius 3 is 1.86 bits per heavy atom. The third kappa shape index (κ3) is 3.36. The van der Waals surface area contributed by atoms with Crippen molar-refractivity contribution in [2.24, 2.45) is 0 Å². The minimum atomic E-state index is -0.864. The number of aliphatic hydroxyl groups excluding tert-OH is 1. The van der Waals surface area contributed by atoms with Gasteiger partial charge in [0.15, 0.2) is 0 Å². The molecule has 2 rings (SSSR count). The van der Waals surface area contributed by atoms with Gasteiger partial charge in [-0.15, -0.1) is 0 Å². The quantitative estimate of drug-likeness (QED) is 0.806. The summed E-state index contributed by atoms with van der Waals surface area (Å²) in [6.45, 7) is 8.54. The minimum Gasteiger partial charge on any atom is -0.383 e. The van der Waals surface area contributed by atoms with Crippen molar-refractivity contribution in [3.63, 3.8) is 0 Å². The van der Waals surface area contributed by atoms with Gasteiger partial charge in [-0.1, -0.05) is 45.9 Å². The van der Waals surface area contributed by atoms with Crippen molar-refractivity contribution in [1.82, 2.24) is 9.97 Å². The van der Waals surface area contributed by atoms with Crippen LogP contribution in [0, 0.1) is 0 Å². The van der Waals surface area contributed by atoms with Gasteiger partial charge in [-0.2, -0.15) is 4.98 Å². The van der Waals surface area contributed by atoms with Gasteiger partial charge in [0.05, 0.1) is 0 Å². The molecular formula is C17H24N4O. The Bertz CT molecular complexity index is 641. The maximum Gasteiger partial charge on any atom is 0.221 e. The fourth-order valence-electron chi connectivity index (χ4n) is 2.34. The minimum absolute atomic E-state index is 0.104. The van der Waals surface area contributed by atoms with E-state index in [0.29, 0.717) is 17.4 Å². The number of anilines is 2. The van der Waals surface area contributed by atoms with Crippen LogP contribution in [-0.2, 0) is 0 Å². The second kappa shape index (κ2) is 6.32. The number of hydrogen-bond donors (Lipinski definition) is 3. The summed E-state index contributed by atoms with van der Waals surface area (Å²) in [6, 6.07) is 6.21. The van der Waals surface area contributed by atoms with Crippen molar-refractivity contribution in [3.8, 4) is 0 Å². The van der Waals surface area contributed by atoms with Gasteiger partial charge < -0.3 is 16.6 Å². The highest BCUT2D eigenvalue weighted by Gasteiger charge is 2.18. The van der Waals surface area contributed by atoms with Gasteiger partial charge in [-0.3, -0.25) is 0 Å². The van der Waals surface area contributed by atoms with Crippen molar-refractivity contribution in [2.45, 2.75) is 45.6 Å². The number of rotatable bonds is 4. The largest absolute Gasteiger partial charge is 0.383 e. The zero-order valence-corrected chi connectivity index (χ0v) is 13.5. The third-order valence-corrected chi connectivity index (χ3v) is 3.81. The number of nitrogens with zero attached hydrogens (tertiary/aromatic N) is 2. The lowest BCUT2D eigenvalue weighted by atomic mass is 9.90. The summed E-state index contributed by atoms with van der Waals surface area (Å²) in [5.74, 6) is 1.07. The number of hydrogen-bond acceptors (Lipinski definition) is 5. The van der Waals surface area contributed by atoms with E-state index in [-0.39, 0.29) is 11.8 Å². The molecule has 2 aromatic rings. The molecule has 5 nitrogen and oxygen atoms in total. The van der Waals surface area contributed by atoms with E-state index in [1.165, 1.54) is 17.3 Å². The number of aromatic nitrogens is 2. The second-order valence-electron chi connectivity index (χ2n) is 6.21. The fraction of sp³-hybridized carbons (Fsp3) is 0.412. The predicted octanol–water partition coefficient (Wildman–Crippen LogP) is 2.97. The Hall–Kier alpha value is -2.14. The molecule has 1 aromatic heterocycles. The van der Waals surface area contributed by atoms with Gasteiger partial charge in [-0.25, -0.2) is 4.98 Å². The summed E-state index contributed by atoms with van der Waals surface area (Å²) in [6.07, 6.45) is 0.621. The molecule has 0 aliphatic carbocycles. The third-order valence-electron chi connectivity index (χ3n) is 3.81. The van der Waals surface area contributed by atoms with E-state index >= 15 is 0 Å². The molecule has 118 valence electrons. The van der Waals surface area contributed by atoms with Crippen molar-refractivity contribution < 1.29 is 5.11 Å². The Morgan fingerprint density at radius 2 is 1.41 bits per heavy atom. The summed E-state index contributed by atoms with van der Waals surface area (Å²) in [7, 11) is 0. The van der Waals surface area contributed by atoms with Crippen LogP contribution in [0.15, 0.2) is 24.4 Å². The Labute approximate surface area is 131 Å². The normalized spacial score (nSPS) is 12.9. The number of benzene rings is 1. The highest BCUT2D eigenvalue weighted by atomic mass is 16.3. The van der Waals surface area contributed by atoms with E-state index in [9.17, 15) is 5.11 Å². The average Bonchev–Trinajstić information content (AvgIpc) is 2.46. The molecule has 1 unspecified atom stereocenters. The average molecular weight is 300 g/mol. The van der Waals surface area contributed by atoms with Crippen LogP contribution >= 0.6 is 0 Å². The lowest BCUT2D eigenvalue weighted by Gasteiger charge is -2.18. The van der Waals surface area contributed by atoms with Crippen LogP contribution in [-0.4, -0.2) is 15.1 Å². The van der Waals surface area contributed by atoms with E-state index in [4.69, 9.17) is 11.5 Å². The molecule has 0 bridgehead atoms. The summed E-state index contributed by atoms with van der Waals surface area (Å²) in [5.41, 5.74) is 15.0.